The molecule has 0 spiro atoms. The van der Waals surface area contributed by atoms with E-state index in [9.17, 15) is 18.4 Å². The fourth-order valence-electron chi connectivity index (χ4n) is 3.29. The molecular weight excluding hydrogens is 420 g/mol. The van der Waals surface area contributed by atoms with Crippen molar-refractivity contribution in [1.29, 1.82) is 0 Å². The first kappa shape index (κ1) is 20.6. The van der Waals surface area contributed by atoms with Gasteiger partial charge in [0, 0.05) is 18.5 Å². The van der Waals surface area contributed by atoms with Crippen LogP contribution in [0.25, 0.3) is 11.1 Å². The molecule has 1 aliphatic rings. The number of nitrogens with two attached hydrogens (primary N) is 2. The lowest BCUT2D eigenvalue weighted by atomic mass is 10.0. The fraction of sp³-hybridized carbons (Fsp3) is 0. The normalized spacial score (nSPS) is 13.0. The van der Waals surface area contributed by atoms with Gasteiger partial charge in [0.15, 0.2) is 17.5 Å². The van der Waals surface area contributed by atoms with Crippen molar-refractivity contribution in [1.82, 2.24) is 4.98 Å². The molecular formula is C21H15F2N7O2. The third kappa shape index (κ3) is 3.31. The molecule has 4 rings (SSSR count). The van der Waals surface area contributed by atoms with E-state index >= 15 is 0 Å². The SMILES string of the molecule is C=NN(/C(=N\N)c1cc(-c2ccc3c(c2)C(=O)C(=O)N3)cnc1N)c1cccc(F)c1F. The number of nitrogen functional groups attached to an aromatic ring is 1. The molecule has 0 bridgehead atoms. The molecule has 160 valence electrons. The molecule has 2 aromatic carbocycles. The molecule has 5 N–H and O–H groups in total. The summed E-state index contributed by atoms with van der Waals surface area (Å²) in [5.41, 5.74) is 7.53. The minimum atomic E-state index is -1.18. The number of hydrogen-bond acceptors (Lipinski definition) is 7. The van der Waals surface area contributed by atoms with Crippen molar-refractivity contribution in [2.45, 2.75) is 0 Å². The summed E-state index contributed by atoms with van der Waals surface area (Å²) in [6, 6.07) is 9.83. The summed E-state index contributed by atoms with van der Waals surface area (Å²) in [6.07, 6.45) is 1.44. The van der Waals surface area contributed by atoms with Crippen molar-refractivity contribution < 1.29 is 18.4 Å². The number of halogens is 2. The summed E-state index contributed by atoms with van der Waals surface area (Å²) in [7, 11) is 0. The standard InChI is InChI=1S/C21H15F2N7O2/c1-26-30(16-4-2-3-14(22)17(16)23)20(29-25)13-8-11(9-27-19(13)24)10-5-6-15-12(7-10)18(31)21(32)28-15/h2-9H,1,25H2,(H2,24,27)(H,28,31,32)/b29-20-. The highest BCUT2D eigenvalue weighted by atomic mass is 19.2. The summed E-state index contributed by atoms with van der Waals surface area (Å²) in [4.78, 5) is 27.7. The van der Waals surface area contributed by atoms with Gasteiger partial charge in [0.05, 0.1) is 16.8 Å². The monoisotopic (exact) mass is 435 g/mol. The van der Waals surface area contributed by atoms with Gasteiger partial charge in [-0.2, -0.15) is 10.2 Å². The van der Waals surface area contributed by atoms with Crippen LogP contribution < -0.4 is 21.9 Å². The van der Waals surface area contributed by atoms with Crippen LogP contribution in [0.2, 0.25) is 0 Å². The van der Waals surface area contributed by atoms with Gasteiger partial charge in [-0.05, 0) is 35.9 Å². The first-order valence-electron chi connectivity index (χ1n) is 9.10. The smallest absolute Gasteiger partial charge is 0.296 e. The predicted octanol–water partition coefficient (Wildman–Crippen LogP) is 2.49. The quantitative estimate of drug-likeness (QED) is 0.189. The Kier molecular flexibility index (Phi) is 5.07. The highest BCUT2D eigenvalue weighted by molar-refractivity contribution is 6.51. The third-order valence-electron chi connectivity index (χ3n) is 4.84. The lowest BCUT2D eigenvalue weighted by Gasteiger charge is -2.21. The van der Waals surface area contributed by atoms with Crippen LogP contribution in [0.1, 0.15) is 15.9 Å². The van der Waals surface area contributed by atoms with Crippen LogP contribution in [0, 0.1) is 11.6 Å². The Morgan fingerprint density at radius 2 is 1.91 bits per heavy atom. The lowest BCUT2D eigenvalue weighted by Crippen LogP contribution is -2.29. The van der Waals surface area contributed by atoms with Crippen LogP contribution in [0.5, 0.6) is 0 Å². The van der Waals surface area contributed by atoms with Crippen molar-refractivity contribution in [3.05, 3.63) is 71.4 Å². The van der Waals surface area contributed by atoms with Crippen molar-refractivity contribution in [2.24, 2.45) is 16.0 Å². The average molecular weight is 435 g/mol. The van der Waals surface area contributed by atoms with Crippen LogP contribution >= 0.6 is 0 Å². The molecule has 32 heavy (non-hydrogen) atoms. The van der Waals surface area contributed by atoms with Gasteiger partial charge >= 0.3 is 0 Å². The number of carbonyl (C=O) groups is 2. The maximum Gasteiger partial charge on any atom is 0.296 e. The van der Waals surface area contributed by atoms with E-state index in [2.05, 4.69) is 27.2 Å². The zero-order chi connectivity index (χ0) is 23.0. The minimum Gasteiger partial charge on any atom is -0.383 e. The largest absolute Gasteiger partial charge is 0.383 e. The first-order chi connectivity index (χ1) is 15.3. The number of nitrogens with one attached hydrogen (secondary N) is 1. The minimum absolute atomic E-state index is 0.0162. The molecule has 9 nitrogen and oxygen atoms in total. The van der Waals surface area contributed by atoms with Crippen molar-refractivity contribution in [3.63, 3.8) is 0 Å². The molecule has 2 heterocycles. The van der Waals surface area contributed by atoms with E-state index in [1.165, 1.54) is 24.4 Å². The molecule has 0 saturated heterocycles. The third-order valence-corrected chi connectivity index (χ3v) is 4.84. The fourth-order valence-corrected chi connectivity index (χ4v) is 3.29. The summed E-state index contributed by atoms with van der Waals surface area (Å²) < 4.78 is 28.1. The van der Waals surface area contributed by atoms with Crippen LogP contribution in [0.3, 0.4) is 0 Å². The van der Waals surface area contributed by atoms with Crippen LogP contribution in [-0.4, -0.2) is 29.2 Å². The number of Topliss-reactive ketones (excluding diaryl/α,β-unsaturated/α-hetero) is 1. The van der Waals surface area contributed by atoms with Gasteiger partial charge in [-0.3, -0.25) is 9.59 Å². The molecule has 0 aliphatic carbocycles. The van der Waals surface area contributed by atoms with E-state index in [-0.39, 0.29) is 28.5 Å². The molecule has 0 radical (unpaired) electrons. The number of amides is 1. The summed E-state index contributed by atoms with van der Waals surface area (Å²) in [5.74, 6) is 1.73. The van der Waals surface area contributed by atoms with Gasteiger partial charge in [-0.1, -0.05) is 12.1 Å². The number of fused-ring (bicyclic) bond motifs is 1. The number of ketones is 1. The molecule has 1 aliphatic heterocycles. The molecule has 0 fully saturated rings. The number of nitrogens with zero attached hydrogens (tertiary/aromatic N) is 4. The van der Waals surface area contributed by atoms with Gasteiger partial charge in [-0.15, -0.1) is 0 Å². The molecule has 11 heteroatoms. The number of benzene rings is 2. The van der Waals surface area contributed by atoms with Crippen molar-refractivity contribution >= 4 is 41.4 Å². The summed E-state index contributed by atoms with van der Waals surface area (Å²) in [5, 5.41) is 10.7. The van der Waals surface area contributed by atoms with Crippen LogP contribution in [0.15, 0.2) is 58.9 Å². The molecule has 0 unspecified atom stereocenters. The van der Waals surface area contributed by atoms with Crippen molar-refractivity contribution in [2.75, 3.05) is 16.1 Å². The molecule has 0 saturated carbocycles. The number of hydrogen-bond donors (Lipinski definition) is 3. The highest BCUT2D eigenvalue weighted by Gasteiger charge is 2.28. The highest BCUT2D eigenvalue weighted by Crippen LogP contribution is 2.31. The molecule has 0 atom stereocenters. The number of carbonyl (C=O) groups excluding carboxylic acids is 2. The topological polar surface area (TPSA) is 139 Å². The average Bonchev–Trinajstić information content (AvgIpc) is 3.08. The number of anilines is 3. The Balaban J connectivity index is 1.80. The van der Waals surface area contributed by atoms with E-state index < -0.39 is 23.3 Å². The second kappa shape index (κ2) is 7.87. The first-order valence-corrected chi connectivity index (χ1v) is 9.10. The van der Waals surface area contributed by atoms with Gasteiger partial charge in [0.25, 0.3) is 11.7 Å². The van der Waals surface area contributed by atoms with E-state index in [0.717, 1.165) is 11.1 Å². The Bertz CT molecular complexity index is 1320. The predicted molar refractivity (Wildman–Crippen MR) is 116 cm³/mol. The lowest BCUT2D eigenvalue weighted by molar-refractivity contribution is -0.112. The zero-order valence-corrected chi connectivity index (χ0v) is 16.3. The zero-order valence-electron chi connectivity index (χ0n) is 16.3. The molecule has 1 amide bonds. The maximum atomic E-state index is 14.4. The van der Waals surface area contributed by atoms with Gasteiger partial charge < -0.3 is 16.9 Å². The number of hydrazone groups is 2. The summed E-state index contributed by atoms with van der Waals surface area (Å²) >= 11 is 0. The van der Waals surface area contributed by atoms with Crippen LogP contribution in [0.4, 0.5) is 26.0 Å². The van der Waals surface area contributed by atoms with Crippen LogP contribution in [-0.2, 0) is 4.79 Å². The Morgan fingerprint density at radius 1 is 1.12 bits per heavy atom. The number of pyridine rings is 1. The second-order valence-corrected chi connectivity index (χ2v) is 6.68. The molecule has 3 aromatic rings. The Labute approximate surface area is 180 Å². The Morgan fingerprint density at radius 3 is 2.62 bits per heavy atom. The molecule has 1 aromatic heterocycles. The van der Waals surface area contributed by atoms with Gasteiger partial charge in [0.2, 0.25) is 0 Å². The van der Waals surface area contributed by atoms with E-state index in [0.29, 0.717) is 16.8 Å². The summed E-state index contributed by atoms with van der Waals surface area (Å²) in [6.45, 7) is 3.38. The number of aromatic nitrogens is 1. The van der Waals surface area contributed by atoms with Gasteiger partial charge in [-0.25, -0.2) is 18.8 Å². The number of rotatable bonds is 4. The Hall–Kier alpha value is -4.67. The number of amidine groups is 1. The van der Waals surface area contributed by atoms with E-state index in [1.54, 1.807) is 18.2 Å². The van der Waals surface area contributed by atoms with Crippen molar-refractivity contribution in [3.8, 4) is 11.1 Å². The second-order valence-electron chi connectivity index (χ2n) is 6.68. The van der Waals surface area contributed by atoms with E-state index in [4.69, 9.17) is 11.6 Å². The maximum absolute atomic E-state index is 14.4. The van der Waals surface area contributed by atoms with Gasteiger partial charge in [0.1, 0.15) is 11.5 Å². The van der Waals surface area contributed by atoms with E-state index in [1.807, 2.05) is 0 Å².